The van der Waals surface area contributed by atoms with Crippen molar-refractivity contribution in [3.05, 3.63) is 66.9 Å². The van der Waals surface area contributed by atoms with Crippen molar-refractivity contribution in [2.24, 2.45) is 9.98 Å². The van der Waals surface area contributed by atoms with Crippen molar-refractivity contribution in [3.8, 4) is 22.8 Å². The van der Waals surface area contributed by atoms with E-state index in [1.165, 1.54) is 32.4 Å². The maximum atomic E-state index is 12.7. The van der Waals surface area contributed by atoms with Crippen molar-refractivity contribution in [1.29, 1.82) is 10.8 Å². The van der Waals surface area contributed by atoms with Crippen LogP contribution in [0.25, 0.3) is 11.3 Å². The van der Waals surface area contributed by atoms with Crippen molar-refractivity contribution in [3.63, 3.8) is 0 Å². The van der Waals surface area contributed by atoms with E-state index in [0.29, 0.717) is 11.4 Å². The van der Waals surface area contributed by atoms with Gasteiger partial charge in [0.2, 0.25) is 0 Å². The summed E-state index contributed by atoms with van der Waals surface area (Å²) in [5.74, 6) is -0.646. The third-order valence-corrected chi connectivity index (χ3v) is 4.96. The van der Waals surface area contributed by atoms with Crippen LogP contribution in [0.2, 0.25) is 0 Å². The van der Waals surface area contributed by atoms with Crippen LogP contribution < -0.4 is 9.47 Å². The third kappa shape index (κ3) is 8.19. The molecular weight excluding hydrogens is 499 g/mol. The quantitative estimate of drug-likeness (QED) is 0.277. The number of aliphatic imine (C=N–C) groups is 2. The minimum atomic E-state index is -4.87. The topological polar surface area (TPSA) is 121 Å². The zero-order valence-electron chi connectivity index (χ0n) is 20.5. The van der Waals surface area contributed by atoms with Crippen molar-refractivity contribution < 1.29 is 27.4 Å². The molecule has 1 aromatic heterocycles. The van der Waals surface area contributed by atoms with Gasteiger partial charge in [0, 0.05) is 42.6 Å². The molecule has 0 bridgehead atoms. The van der Waals surface area contributed by atoms with Crippen LogP contribution in [0.1, 0.15) is 19.8 Å². The van der Waals surface area contributed by atoms with E-state index < -0.39 is 23.6 Å². The van der Waals surface area contributed by atoms with E-state index in [4.69, 9.17) is 15.6 Å². The number of nitrogens with zero attached hydrogens (tertiary/aromatic N) is 3. The highest BCUT2D eigenvalue weighted by Crippen LogP contribution is 2.32. The zero-order valence-corrected chi connectivity index (χ0v) is 20.5. The van der Waals surface area contributed by atoms with Gasteiger partial charge in [0.05, 0.1) is 24.2 Å². The van der Waals surface area contributed by atoms with Crippen LogP contribution in [0.4, 0.5) is 24.5 Å². The fraction of sp³-hybridized carbons (Fsp3) is 0.185. The highest BCUT2D eigenvalue weighted by molar-refractivity contribution is 6.68. The SMILES string of the molecule is COc1cc(-c2ccccn2)ccc1N=CCC(=O)C(=N)C(CC(C)=N)=Nc1cccc(OC(F)(F)F)c1. The standard InChI is InChI=1S/C27H24F3N5O3/c1-17(31)14-23(35-19-6-5-7-20(16-19)38-27(28,29)30)26(32)24(36)11-13-34-22-10-9-18(15-25(22)37-2)21-8-3-4-12-33-21/h3-10,12-13,15-16,31-32H,11,14H2,1-2H3. The average Bonchev–Trinajstić information content (AvgIpc) is 2.87. The number of hydrogen-bond donors (Lipinski definition) is 2. The molecule has 3 rings (SSSR count). The lowest BCUT2D eigenvalue weighted by molar-refractivity contribution is -0.274. The molecule has 1 heterocycles. The fourth-order valence-corrected chi connectivity index (χ4v) is 3.31. The molecule has 0 spiro atoms. The molecule has 0 amide bonds. The van der Waals surface area contributed by atoms with Gasteiger partial charge in [-0.15, -0.1) is 13.2 Å². The van der Waals surface area contributed by atoms with Crippen LogP contribution >= 0.6 is 0 Å². The molecule has 0 aliphatic heterocycles. The number of ketones is 1. The summed E-state index contributed by atoms with van der Waals surface area (Å²) >= 11 is 0. The Morgan fingerprint density at radius 1 is 1.08 bits per heavy atom. The summed E-state index contributed by atoms with van der Waals surface area (Å²) in [7, 11) is 1.49. The van der Waals surface area contributed by atoms with Crippen molar-refractivity contribution in [1.82, 2.24) is 4.98 Å². The molecule has 196 valence electrons. The zero-order chi connectivity index (χ0) is 27.7. The molecule has 11 heteroatoms. The lowest BCUT2D eigenvalue weighted by Gasteiger charge is -2.10. The van der Waals surface area contributed by atoms with Gasteiger partial charge in [-0.2, -0.15) is 0 Å². The Balaban J connectivity index is 1.76. The lowest BCUT2D eigenvalue weighted by atomic mass is 10.0. The Morgan fingerprint density at radius 2 is 1.87 bits per heavy atom. The number of rotatable bonds is 11. The van der Waals surface area contributed by atoms with Gasteiger partial charge in [-0.1, -0.05) is 18.2 Å². The van der Waals surface area contributed by atoms with E-state index in [1.807, 2.05) is 24.3 Å². The first-order chi connectivity index (χ1) is 18.1. The number of Topliss-reactive ketones (excluding diaryl/α,β-unsaturated/α-hetero) is 1. The highest BCUT2D eigenvalue weighted by atomic mass is 19.4. The van der Waals surface area contributed by atoms with Gasteiger partial charge in [-0.3, -0.25) is 25.2 Å². The molecule has 0 aliphatic carbocycles. The van der Waals surface area contributed by atoms with Crippen LogP contribution in [-0.2, 0) is 4.79 Å². The second-order valence-electron chi connectivity index (χ2n) is 7.98. The second-order valence-corrected chi connectivity index (χ2v) is 7.98. The van der Waals surface area contributed by atoms with Gasteiger partial charge in [-0.05, 0) is 43.3 Å². The van der Waals surface area contributed by atoms with Gasteiger partial charge in [0.1, 0.15) is 22.9 Å². The Morgan fingerprint density at radius 3 is 2.53 bits per heavy atom. The number of pyridine rings is 1. The fourth-order valence-electron chi connectivity index (χ4n) is 3.31. The van der Waals surface area contributed by atoms with Crippen molar-refractivity contribution in [2.45, 2.75) is 26.1 Å². The molecule has 0 radical (unpaired) electrons. The van der Waals surface area contributed by atoms with Gasteiger partial charge in [0.25, 0.3) is 0 Å². The Hall–Kier alpha value is -4.67. The van der Waals surface area contributed by atoms with Crippen molar-refractivity contribution in [2.75, 3.05) is 7.11 Å². The van der Waals surface area contributed by atoms with Crippen LogP contribution in [0.3, 0.4) is 0 Å². The molecule has 8 nitrogen and oxygen atoms in total. The first kappa shape index (κ1) is 27.9. The summed E-state index contributed by atoms with van der Waals surface area (Å²) in [6.07, 6.45) is -2.23. The Kier molecular flexibility index (Phi) is 9.20. The van der Waals surface area contributed by atoms with Crippen LogP contribution in [-0.4, -0.2) is 47.6 Å². The van der Waals surface area contributed by atoms with E-state index in [-0.39, 0.29) is 30.0 Å². The minimum Gasteiger partial charge on any atom is -0.494 e. The average molecular weight is 524 g/mol. The molecule has 2 aromatic carbocycles. The summed E-state index contributed by atoms with van der Waals surface area (Å²) in [6, 6.07) is 15.7. The molecule has 0 unspecified atom stereocenters. The summed E-state index contributed by atoms with van der Waals surface area (Å²) in [5.41, 5.74) is 1.69. The van der Waals surface area contributed by atoms with Gasteiger partial charge < -0.3 is 14.9 Å². The third-order valence-electron chi connectivity index (χ3n) is 4.96. The highest BCUT2D eigenvalue weighted by Gasteiger charge is 2.31. The van der Waals surface area contributed by atoms with E-state index in [2.05, 4.69) is 19.7 Å². The number of carbonyl (C=O) groups is 1. The van der Waals surface area contributed by atoms with Crippen LogP contribution in [0.5, 0.6) is 11.5 Å². The number of halogens is 3. The van der Waals surface area contributed by atoms with Crippen LogP contribution in [0.15, 0.2) is 76.8 Å². The van der Waals surface area contributed by atoms with Gasteiger partial charge >= 0.3 is 6.36 Å². The minimum absolute atomic E-state index is 0.0481. The maximum absolute atomic E-state index is 12.7. The number of benzene rings is 2. The van der Waals surface area contributed by atoms with E-state index in [9.17, 15) is 18.0 Å². The summed E-state index contributed by atoms with van der Waals surface area (Å²) in [4.78, 5) is 25.5. The van der Waals surface area contributed by atoms with Crippen molar-refractivity contribution >= 4 is 40.5 Å². The Labute approximate surface area is 216 Å². The van der Waals surface area contributed by atoms with Crippen LogP contribution in [0, 0.1) is 10.8 Å². The van der Waals surface area contributed by atoms with E-state index >= 15 is 0 Å². The number of hydrogen-bond acceptors (Lipinski definition) is 8. The number of ether oxygens (including phenoxy) is 2. The molecule has 0 saturated carbocycles. The molecule has 0 aliphatic rings. The maximum Gasteiger partial charge on any atom is 0.573 e. The number of methoxy groups -OCH3 is 1. The molecule has 0 fully saturated rings. The van der Waals surface area contributed by atoms with E-state index in [0.717, 1.165) is 23.4 Å². The number of carbonyl (C=O) groups excluding carboxylic acids is 1. The summed E-state index contributed by atoms with van der Waals surface area (Å²) < 4.78 is 46.9. The summed E-state index contributed by atoms with van der Waals surface area (Å²) in [5, 5.41) is 16.0. The first-order valence-electron chi connectivity index (χ1n) is 11.3. The number of nitrogens with one attached hydrogen (secondary N) is 2. The molecular formula is C27H24F3N5O3. The molecule has 2 N–H and O–H groups in total. The predicted molar refractivity (Wildman–Crippen MR) is 140 cm³/mol. The Bertz CT molecular complexity index is 1390. The largest absolute Gasteiger partial charge is 0.573 e. The molecule has 3 aromatic rings. The van der Waals surface area contributed by atoms with E-state index in [1.54, 1.807) is 18.3 Å². The summed E-state index contributed by atoms with van der Waals surface area (Å²) in [6.45, 7) is 1.47. The van der Waals surface area contributed by atoms with Gasteiger partial charge in [0.15, 0.2) is 5.78 Å². The number of aromatic nitrogens is 1. The smallest absolute Gasteiger partial charge is 0.494 e. The molecule has 0 atom stereocenters. The second kappa shape index (κ2) is 12.5. The molecule has 38 heavy (non-hydrogen) atoms. The first-order valence-corrected chi connectivity index (χ1v) is 11.3. The normalized spacial score (nSPS) is 11.9. The predicted octanol–water partition coefficient (Wildman–Crippen LogP) is 6.54. The van der Waals surface area contributed by atoms with Gasteiger partial charge in [-0.25, -0.2) is 0 Å². The molecule has 0 saturated heterocycles. The monoisotopic (exact) mass is 523 g/mol. The number of alkyl halides is 3. The lowest BCUT2D eigenvalue weighted by Crippen LogP contribution is -2.25.